The van der Waals surface area contributed by atoms with E-state index < -0.39 is 0 Å². The van der Waals surface area contributed by atoms with Crippen LogP contribution in [0, 0.1) is 18.8 Å². The van der Waals surface area contributed by atoms with Gasteiger partial charge in [0.2, 0.25) is 5.91 Å². The lowest BCUT2D eigenvalue weighted by Gasteiger charge is -2.35. The summed E-state index contributed by atoms with van der Waals surface area (Å²) in [6.45, 7) is 10.0. The van der Waals surface area contributed by atoms with Crippen molar-refractivity contribution < 1.29 is 9.59 Å². The third-order valence-corrected chi connectivity index (χ3v) is 6.56. The number of nitrogens with zero attached hydrogens (tertiary/aromatic N) is 2. The first-order chi connectivity index (χ1) is 13.4. The van der Waals surface area contributed by atoms with Gasteiger partial charge < -0.3 is 10.2 Å². The molecule has 3 unspecified atom stereocenters. The Hall–Kier alpha value is -1.88. The van der Waals surface area contributed by atoms with Gasteiger partial charge in [0, 0.05) is 37.8 Å². The molecule has 3 rings (SSSR count). The molecule has 0 spiro atoms. The first-order valence-electron chi connectivity index (χ1n) is 10.8. The van der Waals surface area contributed by atoms with Crippen molar-refractivity contribution in [3.63, 3.8) is 0 Å². The van der Waals surface area contributed by atoms with E-state index in [9.17, 15) is 9.59 Å². The molecule has 2 aliphatic rings. The summed E-state index contributed by atoms with van der Waals surface area (Å²) < 4.78 is 0. The number of aryl methyl sites for hydroxylation is 1. The van der Waals surface area contributed by atoms with Crippen molar-refractivity contribution in [2.24, 2.45) is 11.8 Å². The summed E-state index contributed by atoms with van der Waals surface area (Å²) in [5, 5.41) is 3.27. The summed E-state index contributed by atoms with van der Waals surface area (Å²) in [5.41, 5.74) is 1.86. The number of rotatable bonds is 4. The highest BCUT2D eigenvalue weighted by Gasteiger charge is 2.29. The molecule has 5 heteroatoms. The van der Waals surface area contributed by atoms with Gasteiger partial charge in [0.1, 0.15) is 0 Å². The Balaban J connectivity index is 1.49. The fourth-order valence-electron chi connectivity index (χ4n) is 4.53. The fourth-order valence-corrected chi connectivity index (χ4v) is 4.53. The van der Waals surface area contributed by atoms with E-state index in [1.165, 1.54) is 12.8 Å². The summed E-state index contributed by atoms with van der Waals surface area (Å²) in [7, 11) is 0. The lowest BCUT2D eigenvalue weighted by Crippen LogP contribution is -2.47. The van der Waals surface area contributed by atoms with E-state index in [4.69, 9.17) is 0 Å². The maximum Gasteiger partial charge on any atom is 0.253 e. The van der Waals surface area contributed by atoms with E-state index in [1.807, 2.05) is 36.1 Å². The summed E-state index contributed by atoms with van der Waals surface area (Å²) in [4.78, 5) is 29.5. The largest absolute Gasteiger partial charge is 0.352 e. The quantitative estimate of drug-likeness (QED) is 0.867. The summed E-state index contributed by atoms with van der Waals surface area (Å²) >= 11 is 0. The molecule has 1 aliphatic carbocycles. The maximum atomic E-state index is 12.8. The normalized spacial score (nSPS) is 26.5. The van der Waals surface area contributed by atoms with Crippen molar-refractivity contribution >= 4 is 11.8 Å². The van der Waals surface area contributed by atoms with Crippen LogP contribution in [-0.4, -0.2) is 60.4 Å². The minimum atomic E-state index is 0.0972. The van der Waals surface area contributed by atoms with Gasteiger partial charge in [0.15, 0.2) is 0 Å². The molecule has 154 valence electrons. The van der Waals surface area contributed by atoms with Gasteiger partial charge in [-0.3, -0.25) is 14.5 Å². The van der Waals surface area contributed by atoms with Crippen molar-refractivity contribution in [1.29, 1.82) is 0 Å². The average Bonchev–Trinajstić information content (AvgIpc) is 2.90. The van der Waals surface area contributed by atoms with Crippen LogP contribution in [0.3, 0.4) is 0 Å². The molecule has 1 saturated carbocycles. The molecule has 1 aromatic rings. The van der Waals surface area contributed by atoms with Crippen LogP contribution >= 0.6 is 0 Å². The zero-order valence-corrected chi connectivity index (χ0v) is 17.6. The van der Waals surface area contributed by atoms with E-state index in [-0.39, 0.29) is 11.8 Å². The molecular weight excluding hydrogens is 350 g/mol. The van der Waals surface area contributed by atoms with Crippen LogP contribution in [0.2, 0.25) is 0 Å². The molecule has 3 atom stereocenters. The van der Waals surface area contributed by atoms with E-state index in [1.54, 1.807) is 0 Å². The summed E-state index contributed by atoms with van der Waals surface area (Å²) in [6, 6.07) is 8.09. The first kappa shape index (κ1) is 20.8. The van der Waals surface area contributed by atoms with Crippen LogP contribution in [0.15, 0.2) is 24.3 Å². The van der Waals surface area contributed by atoms with Gasteiger partial charge in [-0.05, 0) is 43.7 Å². The Morgan fingerprint density at radius 3 is 2.68 bits per heavy atom. The molecule has 0 bridgehead atoms. The molecule has 2 fully saturated rings. The number of hydrogen-bond acceptors (Lipinski definition) is 3. The second-order valence-electron chi connectivity index (χ2n) is 8.73. The van der Waals surface area contributed by atoms with Gasteiger partial charge in [-0.2, -0.15) is 0 Å². The highest BCUT2D eigenvalue weighted by molar-refractivity contribution is 5.94. The molecule has 0 radical (unpaired) electrons. The van der Waals surface area contributed by atoms with Crippen LogP contribution in [0.5, 0.6) is 0 Å². The highest BCUT2D eigenvalue weighted by atomic mass is 16.2. The topological polar surface area (TPSA) is 52.7 Å². The Kier molecular flexibility index (Phi) is 7.11. The second kappa shape index (κ2) is 9.55. The zero-order chi connectivity index (χ0) is 20.1. The molecular formula is C23H35N3O2. The number of carbonyl (C=O) groups is 2. The summed E-state index contributed by atoms with van der Waals surface area (Å²) in [6.07, 6.45) is 4.47. The van der Waals surface area contributed by atoms with E-state index in [0.717, 1.165) is 43.6 Å². The lowest BCUT2D eigenvalue weighted by molar-refractivity contribution is -0.123. The predicted octanol–water partition coefficient (Wildman–Crippen LogP) is 3.08. The van der Waals surface area contributed by atoms with Crippen LogP contribution in [0.1, 0.15) is 55.5 Å². The van der Waals surface area contributed by atoms with Gasteiger partial charge in [-0.15, -0.1) is 0 Å². The van der Waals surface area contributed by atoms with Gasteiger partial charge in [0.05, 0.1) is 6.54 Å². The maximum absolute atomic E-state index is 12.8. The molecule has 1 heterocycles. The average molecular weight is 386 g/mol. The first-order valence-corrected chi connectivity index (χ1v) is 10.8. The van der Waals surface area contributed by atoms with Crippen molar-refractivity contribution in [3.8, 4) is 0 Å². The summed E-state index contributed by atoms with van der Waals surface area (Å²) in [5.74, 6) is 1.45. The SMILES string of the molecule is Cc1cccc(C(=O)N2CCCN(CC(=O)NC3CCCC(C)C3C)CC2)c1. The third kappa shape index (κ3) is 5.34. The number of amides is 2. The molecule has 1 aliphatic heterocycles. The number of hydrogen-bond donors (Lipinski definition) is 1. The van der Waals surface area contributed by atoms with Gasteiger partial charge in [-0.1, -0.05) is 44.4 Å². The van der Waals surface area contributed by atoms with Crippen molar-refractivity contribution in [2.45, 2.75) is 52.5 Å². The molecule has 1 N–H and O–H groups in total. The van der Waals surface area contributed by atoms with Gasteiger partial charge in [-0.25, -0.2) is 0 Å². The Morgan fingerprint density at radius 1 is 1.07 bits per heavy atom. The molecule has 1 aromatic carbocycles. The fraction of sp³-hybridized carbons (Fsp3) is 0.652. The van der Waals surface area contributed by atoms with Crippen LogP contribution in [0.4, 0.5) is 0 Å². The monoisotopic (exact) mass is 385 g/mol. The van der Waals surface area contributed by atoms with Crippen LogP contribution in [-0.2, 0) is 4.79 Å². The lowest BCUT2D eigenvalue weighted by atomic mass is 9.78. The Morgan fingerprint density at radius 2 is 1.89 bits per heavy atom. The minimum absolute atomic E-state index is 0.0972. The van der Waals surface area contributed by atoms with E-state index in [2.05, 4.69) is 24.1 Å². The smallest absolute Gasteiger partial charge is 0.253 e. The zero-order valence-electron chi connectivity index (χ0n) is 17.6. The molecule has 5 nitrogen and oxygen atoms in total. The Bertz CT molecular complexity index is 690. The standard InChI is InChI=1S/C23H35N3O2/c1-17-7-4-9-20(15-17)23(28)26-12-6-11-25(13-14-26)16-22(27)24-21-10-5-8-18(2)19(21)3/h4,7,9,15,18-19,21H,5-6,8,10-14,16H2,1-3H3,(H,24,27). The van der Waals surface area contributed by atoms with Crippen LogP contribution < -0.4 is 5.32 Å². The van der Waals surface area contributed by atoms with Crippen LogP contribution in [0.25, 0.3) is 0 Å². The third-order valence-electron chi connectivity index (χ3n) is 6.56. The molecule has 1 saturated heterocycles. The minimum Gasteiger partial charge on any atom is -0.352 e. The Labute approximate surface area is 169 Å². The van der Waals surface area contributed by atoms with Gasteiger partial charge >= 0.3 is 0 Å². The molecule has 2 amide bonds. The number of nitrogens with one attached hydrogen (secondary N) is 1. The molecule has 0 aromatic heterocycles. The predicted molar refractivity (Wildman–Crippen MR) is 112 cm³/mol. The van der Waals surface area contributed by atoms with E-state index in [0.29, 0.717) is 31.0 Å². The molecule has 28 heavy (non-hydrogen) atoms. The highest BCUT2D eigenvalue weighted by Crippen LogP contribution is 2.29. The van der Waals surface area contributed by atoms with Crippen molar-refractivity contribution in [2.75, 3.05) is 32.7 Å². The van der Waals surface area contributed by atoms with Crippen molar-refractivity contribution in [3.05, 3.63) is 35.4 Å². The number of benzene rings is 1. The second-order valence-corrected chi connectivity index (χ2v) is 8.73. The van der Waals surface area contributed by atoms with Gasteiger partial charge in [0.25, 0.3) is 5.91 Å². The van der Waals surface area contributed by atoms with E-state index >= 15 is 0 Å². The van der Waals surface area contributed by atoms with Crippen molar-refractivity contribution in [1.82, 2.24) is 15.1 Å². The number of carbonyl (C=O) groups excluding carboxylic acids is 2.